The topological polar surface area (TPSA) is 26.7 Å². The summed E-state index contributed by atoms with van der Waals surface area (Å²) in [4.78, 5) is 4.80. The zero-order valence-corrected chi connectivity index (χ0v) is 20.9. The minimum atomic E-state index is -0.165. The van der Waals surface area contributed by atoms with Gasteiger partial charge in [0.2, 0.25) is 0 Å². The van der Waals surface area contributed by atoms with Crippen LogP contribution in [0.5, 0.6) is 0 Å². The molecule has 0 aliphatic carbocycles. The number of hydrogen-bond acceptors (Lipinski definition) is 3. The molecule has 5 heteroatoms. The lowest BCUT2D eigenvalue weighted by molar-refractivity contribution is 0.242. The summed E-state index contributed by atoms with van der Waals surface area (Å²) in [6, 6.07) is 12.3. The van der Waals surface area contributed by atoms with Crippen LogP contribution in [0.4, 0.5) is 15.8 Å². The van der Waals surface area contributed by atoms with Crippen LogP contribution in [0.3, 0.4) is 0 Å². The third-order valence-electron chi connectivity index (χ3n) is 7.76. The number of halogens is 1. The fourth-order valence-electron chi connectivity index (χ4n) is 5.38. The number of quaternary nitrogens is 1. The van der Waals surface area contributed by atoms with Crippen molar-refractivity contribution in [2.75, 3.05) is 64.9 Å². The molecule has 0 saturated carbocycles. The van der Waals surface area contributed by atoms with Crippen molar-refractivity contribution in [3.8, 4) is 11.1 Å². The number of fused-ring (bicyclic) bond motifs is 1. The highest BCUT2D eigenvalue weighted by Crippen LogP contribution is 2.43. The molecule has 4 nitrogen and oxygen atoms in total. The van der Waals surface area contributed by atoms with Crippen LogP contribution in [0.15, 0.2) is 36.4 Å². The largest absolute Gasteiger partial charge is 0.396 e. The molecule has 1 saturated heterocycles. The summed E-state index contributed by atoms with van der Waals surface area (Å²) in [7, 11) is 4.56. The van der Waals surface area contributed by atoms with E-state index in [1.165, 1.54) is 11.3 Å². The first-order valence-corrected chi connectivity index (χ1v) is 12.6. The highest BCUT2D eigenvalue weighted by atomic mass is 19.1. The summed E-state index contributed by atoms with van der Waals surface area (Å²) in [5.41, 5.74) is 5.94. The molecule has 2 heterocycles. The van der Waals surface area contributed by atoms with Gasteiger partial charge in [0, 0.05) is 61.9 Å². The maximum absolute atomic E-state index is 14.7. The molecule has 0 bridgehead atoms. The minimum absolute atomic E-state index is 0.128. The Bertz CT molecular complexity index is 964. The van der Waals surface area contributed by atoms with Crippen molar-refractivity contribution in [1.82, 2.24) is 9.38 Å². The maximum Gasteiger partial charge on any atom is 0.136 e. The molecule has 180 valence electrons. The lowest BCUT2D eigenvalue weighted by atomic mass is 9.76. The molecule has 0 spiro atoms. The molecule has 0 atom stereocenters. The Hall–Kier alpha value is -1.95. The number of hydrogen-bond donors (Lipinski definition) is 1. The van der Waals surface area contributed by atoms with Gasteiger partial charge >= 0.3 is 0 Å². The van der Waals surface area contributed by atoms with Crippen LogP contribution in [0.1, 0.15) is 45.1 Å². The summed E-state index contributed by atoms with van der Waals surface area (Å²) >= 11 is 0. The Balaban J connectivity index is 1.52. The van der Waals surface area contributed by atoms with Gasteiger partial charge < -0.3 is 10.0 Å². The Morgan fingerprint density at radius 2 is 1.70 bits per heavy atom. The van der Waals surface area contributed by atoms with Gasteiger partial charge in [0.1, 0.15) is 11.5 Å². The first kappa shape index (κ1) is 24.2. The first-order valence-electron chi connectivity index (χ1n) is 12.6. The SMILES string of the molecule is CC1(C)CC[N+](C)(C)c2ccc(-c3cc(F)cc(N4CCN(CCCCCO)CC4)c3)cc21. The number of aliphatic hydroxyl groups excluding tert-OH is 1. The van der Waals surface area contributed by atoms with Crippen LogP contribution in [0, 0.1) is 5.82 Å². The number of anilines is 1. The summed E-state index contributed by atoms with van der Waals surface area (Å²) in [5, 5.41) is 8.95. The van der Waals surface area contributed by atoms with Gasteiger partial charge in [-0.05, 0) is 67.3 Å². The molecule has 2 aromatic rings. The average molecular weight is 455 g/mol. The van der Waals surface area contributed by atoms with E-state index in [0.717, 1.165) is 86.2 Å². The van der Waals surface area contributed by atoms with E-state index < -0.39 is 0 Å². The number of benzene rings is 2. The number of piperazine rings is 1. The Kier molecular flexibility index (Phi) is 7.13. The molecule has 1 N–H and O–H groups in total. The Morgan fingerprint density at radius 1 is 0.939 bits per heavy atom. The van der Waals surface area contributed by atoms with Gasteiger partial charge in [-0.25, -0.2) is 4.39 Å². The van der Waals surface area contributed by atoms with Crippen LogP contribution in [-0.4, -0.2) is 70.0 Å². The molecule has 0 radical (unpaired) electrons. The van der Waals surface area contributed by atoms with Gasteiger partial charge in [-0.2, -0.15) is 0 Å². The quantitative estimate of drug-likeness (QED) is 0.470. The fraction of sp³-hybridized carbons (Fsp3) is 0.571. The number of aliphatic hydroxyl groups is 1. The zero-order valence-electron chi connectivity index (χ0n) is 20.9. The fourth-order valence-corrected chi connectivity index (χ4v) is 5.38. The van der Waals surface area contributed by atoms with Crippen molar-refractivity contribution < 1.29 is 9.50 Å². The second-order valence-electron chi connectivity index (χ2n) is 11.1. The van der Waals surface area contributed by atoms with E-state index in [-0.39, 0.29) is 17.8 Å². The van der Waals surface area contributed by atoms with Gasteiger partial charge in [-0.3, -0.25) is 9.38 Å². The lowest BCUT2D eigenvalue weighted by Crippen LogP contribution is -2.48. The van der Waals surface area contributed by atoms with Crippen molar-refractivity contribution in [3.05, 3.63) is 47.8 Å². The summed E-state index contributed by atoms with van der Waals surface area (Å²) in [6.45, 7) is 11.0. The van der Waals surface area contributed by atoms with Crippen LogP contribution in [0.25, 0.3) is 11.1 Å². The van der Waals surface area contributed by atoms with Gasteiger partial charge in [-0.1, -0.05) is 13.8 Å². The monoisotopic (exact) mass is 454 g/mol. The smallest absolute Gasteiger partial charge is 0.136 e. The first-order chi connectivity index (χ1) is 15.7. The second kappa shape index (κ2) is 9.73. The van der Waals surface area contributed by atoms with E-state index in [1.807, 2.05) is 0 Å². The predicted octanol–water partition coefficient (Wildman–Crippen LogP) is 5.03. The highest BCUT2D eigenvalue weighted by Gasteiger charge is 2.38. The normalized spacial score (nSPS) is 20.0. The average Bonchev–Trinajstić information content (AvgIpc) is 2.80. The Morgan fingerprint density at radius 3 is 2.42 bits per heavy atom. The van der Waals surface area contributed by atoms with Gasteiger partial charge in [-0.15, -0.1) is 0 Å². The van der Waals surface area contributed by atoms with Crippen molar-refractivity contribution in [1.29, 1.82) is 0 Å². The van der Waals surface area contributed by atoms with E-state index >= 15 is 0 Å². The third kappa shape index (κ3) is 5.42. The van der Waals surface area contributed by atoms with Gasteiger partial charge in [0.15, 0.2) is 0 Å². The molecule has 2 aliphatic heterocycles. The van der Waals surface area contributed by atoms with Crippen molar-refractivity contribution in [2.45, 2.75) is 44.9 Å². The number of nitrogens with zero attached hydrogens (tertiary/aromatic N) is 3. The molecule has 2 aliphatic rings. The molecule has 0 aromatic heterocycles. The van der Waals surface area contributed by atoms with Crippen molar-refractivity contribution in [3.63, 3.8) is 0 Å². The molecule has 0 unspecified atom stereocenters. The van der Waals surface area contributed by atoms with Crippen LogP contribution in [-0.2, 0) is 5.41 Å². The van der Waals surface area contributed by atoms with Crippen LogP contribution < -0.4 is 9.38 Å². The predicted molar refractivity (Wildman–Crippen MR) is 138 cm³/mol. The summed E-state index contributed by atoms with van der Waals surface area (Å²) < 4.78 is 15.6. The van der Waals surface area contributed by atoms with E-state index in [9.17, 15) is 4.39 Å². The second-order valence-corrected chi connectivity index (χ2v) is 11.1. The molecule has 2 aromatic carbocycles. The molecule has 33 heavy (non-hydrogen) atoms. The van der Waals surface area contributed by atoms with Crippen molar-refractivity contribution >= 4 is 11.4 Å². The van der Waals surface area contributed by atoms with Gasteiger partial charge in [0.25, 0.3) is 0 Å². The highest BCUT2D eigenvalue weighted by molar-refractivity contribution is 5.73. The van der Waals surface area contributed by atoms with E-state index in [2.05, 4.69) is 62.0 Å². The summed E-state index contributed by atoms with van der Waals surface area (Å²) in [6.07, 6.45) is 4.25. The summed E-state index contributed by atoms with van der Waals surface area (Å²) in [5.74, 6) is -0.165. The van der Waals surface area contributed by atoms with Crippen LogP contribution >= 0.6 is 0 Å². The molecule has 4 rings (SSSR count). The molecule has 1 fully saturated rings. The lowest BCUT2D eigenvalue weighted by Gasteiger charge is -2.42. The minimum Gasteiger partial charge on any atom is -0.396 e. The van der Waals surface area contributed by atoms with E-state index in [0.29, 0.717) is 0 Å². The van der Waals surface area contributed by atoms with Crippen LogP contribution in [0.2, 0.25) is 0 Å². The number of unbranched alkanes of at least 4 members (excludes halogenated alkanes) is 2. The van der Waals surface area contributed by atoms with Crippen molar-refractivity contribution in [2.24, 2.45) is 0 Å². The van der Waals surface area contributed by atoms with E-state index in [1.54, 1.807) is 12.1 Å². The zero-order chi connectivity index (χ0) is 23.6. The molecular formula is C28H41FN3O+. The van der Waals surface area contributed by atoms with Gasteiger partial charge in [0.05, 0.1) is 20.6 Å². The third-order valence-corrected chi connectivity index (χ3v) is 7.76. The Labute approximate surface area is 199 Å². The number of rotatable bonds is 7. The maximum atomic E-state index is 14.7. The van der Waals surface area contributed by atoms with E-state index in [4.69, 9.17) is 5.11 Å². The molecular weight excluding hydrogens is 413 g/mol. The molecule has 0 amide bonds. The standard InChI is InChI=1S/C28H41FN3O/c1-28(2)10-16-32(3,4)27-9-8-22(20-26(27)28)23-18-24(29)21-25(19-23)31-14-12-30(13-15-31)11-6-5-7-17-33/h8-9,18-21,33H,5-7,10-17H2,1-4H3/q+1.